The molecule has 71 valence electrons. The Balaban J connectivity index is 2.36. The van der Waals surface area contributed by atoms with Gasteiger partial charge in [-0.3, -0.25) is 0 Å². The molecule has 0 fully saturated rings. The lowest BCUT2D eigenvalue weighted by Crippen LogP contribution is -1.90. The van der Waals surface area contributed by atoms with E-state index in [2.05, 4.69) is 23.2 Å². The summed E-state index contributed by atoms with van der Waals surface area (Å²) in [5, 5.41) is 2.32. The number of aromatic nitrogens is 2. The van der Waals surface area contributed by atoms with Crippen LogP contribution in [0.4, 0.5) is 0 Å². The van der Waals surface area contributed by atoms with Gasteiger partial charge in [-0.15, -0.1) is 0 Å². The maximum absolute atomic E-state index is 4.06. The molecule has 2 aromatic carbocycles. The number of nitrogens with zero attached hydrogens (tertiary/aromatic N) is 2. The normalized spacial score (nSPS) is 10.7. The van der Waals surface area contributed by atoms with Gasteiger partial charge in [-0.2, -0.15) is 0 Å². The molecule has 15 heavy (non-hydrogen) atoms. The van der Waals surface area contributed by atoms with Crippen molar-refractivity contribution in [1.82, 2.24) is 9.55 Å². The third-order valence-electron chi connectivity index (χ3n) is 2.47. The second kappa shape index (κ2) is 3.24. The third kappa shape index (κ3) is 1.31. The van der Waals surface area contributed by atoms with Crippen LogP contribution in [0.2, 0.25) is 0 Å². The topological polar surface area (TPSA) is 17.8 Å². The van der Waals surface area contributed by atoms with Crippen molar-refractivity contribution in [2.75, 3.05) is 0 Å². The van der Waals surface area contributed by atoms with E-state index in [1.165, 1.54) is 5.39 Å². The molecule has 1 radical (unpaired) electrons. The fourth-order valence-electron chi connectivity index (χ4n) is 1.76. The Morgan fingerprint density at radius 2 is 2.07 bits per heavy atom. The smallest absolute Gasteiger partial charge is 0.0991 e. The molecule has 0 aliphatic heterocycles. The molecule has 0 spiro atoms. The van der Waals surface area contributed by atoms with Crippen molar-refractivity contribution < 1.29 is 0 Å². The quantitative estimate of drug-likeness (QED) is 0.581. The summed E-state index contributed by atoms with van der Waals surface area (Å²) in [4.78, 5) is 4.06. The Morgan fingerprint density at radius 3 is 2.93 bits per heavy atom. The molecule has 0 aliphatic rings. The molecule has 0 N–H and O–H groups in total. The molecule has 1 aromatic heterocycles. The van der Waals surface area contributed by atoms with Crippen molar-refractivity contribution in [1.29, 1.82) is 0 Å². The summed E-state index contributed by atoms with van der Waals surface area (Å²) in [6, 6.07) is 15.4. The van der Waals surface area contributed by atoms with Crippen LogP contribution in [0.15, 0.2) is 55.1 Å². The standard InChI is InChI=1S/C13H9N2/c1-2-6-12-11(4-1)5-3-7-13(12)15-9-8-14-10-15/h1-4,6-10H. The Hall–Kier alpha value is -2.09. The lowest BCUT2D eigenvalue weighted by Gasteiger charge is -2.05. The van der Waals surface area contributed by atoms with Crippen LogP contribution >= 0.6 is 0 Å². The predicted molar refractivity (Wildman–Crippen MR) is 59.9 cm³/mol. The third-order valence-corrected chi connectivity index (χ3v) is 2.47. The zero-order valence-corrected chi connectivity index (χ0v) is 8.09. The molecule has 0 atom stereocenters. The van der Waals surface area contributed by atoms with Crippen LogP contribution in [-0.4, -0.2) is 9.55 Å². The number of imidazole rings is 1. The van der Waals surface area contributed by atoms with Crippen molar-refractivity contribution in [3.05, 3.63) is 61.2 Å². The molecule has 0 unspecified atom stereocenters. The fourth-order valence-corrected chi connectivity index (χ4v) is 1.76. The van der Waals surface area contributed by atoms with Crippen LogP contribution in [-0.2, 0) is 0 Å². The number of benzene rings is 2. The van der Waals surface area contributed by atoms with Gasteiger partial charge < -0.3 is 4.57 Å². The molecule has 0 amide bonds. The van der Waals surface area contributed by atoms with Gasteiger partial charge in [-0.25, -0.2) is 4.98 Å². The minimum absolute atomic E-state index is 1.13. The fraction of sp³-hybridized carbons (Fsp3) is 0. The average Bonchev–Trinajstić information content (AvgIpc) is 2.82. The van der Waals surface area contributed by atoms with E-state index in [1.807, 2.05) is 41.4 Å². The maximum atomic E-state index is 4.06. The number of hydrogen-bond acceptors (Lipinski definition) is 1. The first-order valence-electron chi connectivity index (χ1n) is 4.83. The summed E-state index contributed by atoms with van der Waals surface area (Å²) in [5.41, 5.74) is 1.14. The van der Waals surface area contributed by atoms with Gasteiger partial charge in [0.1, 0.15) is 0 Å². The first kappa shape index (κ1) is 8.24. The van der Waals surface area contributed by atoms with Gasteiger partial charge in [0.25, 0.3) is 0 Å². The first-order chi connectivity index (χ1) is 7.45. The van der Waals surface area contributed by atoms with Crippen LogP contribution in [0, 0.1) is 6.07 Å². The first-order valence-corrected chi connectivity index (χ1v) is 4.83. The van der Waals surface area contributed by atoms with Gasteiger partial charge in [0.05, 0.1) is 12.0 Å². The summed E-state index contributed by atoms with van der Waals surface area (Å²) in [6.07, 6.45) is 5.54. The van der Waals surface area contributed by atoms with Crippen molar-refractivity contribution in [2.24, 2.45) is 0 Å². The van der Waals surface area contributed by atoms with E-state index >= 15 is 0 Å². The van der Waals surface area contributed by atoms with Crippen LogP contribution in [0.5, 0.6) is 0 Å². The SMILES string of the molecule is [c]1ccc(-n2ccnc2)c2ccccc12. The van der Waals surface area contributed by atoms with Crippen LogP contribution in [0.1, 0.15) is 0 Å². The lowest BCUT2D eigenvalue weighted by molar-refractivity contribution is 1.07. The minimum atomic E-state index is 1.13. The maximum Gasteiger partial charge on any atom is 0.0991 e. The number of hydrogen-bond donors (Lipinski definition) is 0. The van der Waals surface area contributed by atoms with Gasteiger partial charge in [-0.1, -0.05) is 30.3 Å². The zero-order chi connectivity index (χ0) is 10.1. The minimum Gasteiger partial charge on any atom is -0.306 e. The van der Waals surface area contributed by atoms with E-state index in [-0.39, 0.29) is 0 Å². The van der Waals surface area contributed by atoms with Crippen LogP contribution in [0.3, 0.4) is 0 Å². The molecule has 0 bridgehead atoms. The van der Waals surface area contributed by atoms with Crippen molar-refractivity contribution in [3.63, 3.8) is 0 Å². The molecule has 0 aliphatic carbocycles. The van der Waals surface area contributed by atoms with Crippen LogP contribution < -0.4 is 0 Å². The summed E-state index contributed by atoms with van der Waals surface area (Å²) in [7, 11) is 0. The van der Waals surface area contributed by atoms with E-state index < -0.39 is 0 Å². The van der Waals surface area contributed by atoms with E-state index in [9.17, 15) is 0 Å². The average molecular weight is 193 g/mol. The Bertz CT molecular complexity index is 577. The van der Waals surface area contributed by atoms with Crippen molar-refractivity contribution >= 4 is 10.8 Å². The Labute approximate surface area is 87.8 Å². The molecule has 0 saturated heterocycles. The molecule has 0 saturated carbocycles. The highest BCUT2D eigenvalue weighted by atomic mass is 15.0. The summed E-state index contributed by atoms with van der Waals surface area (Å²) in [6.45, 7) is 0. The summed E-state index contributed by atoms with van der Waals surface area (Å²) < 4.78 is 2.01. The highest BCUT2D eigenvalue weighted by molar-refractivity contribution is 5.89. The molecule has 3 aromatic rings. The second-order valence-corrected chi connectivity index (χ2v) is 3.38. The van der Waals surface area contributed by atoms with E-state index in [0.29, 0.717) is 0 Å². The largest absolute Gasteiger partial charge is 0.306 e. The number of fused-ring (bicyclic) bond motifs is 1. The van der Waals surface area contributed by atoms with E-state index in [0.717, 1.165) is 11.1 Å². The molecule has 1 heterocycles. The molecule has 2 nitrogen and oxygen atoms in total. The Morgan fingerprint density at radius 1 is 1.13 bits per heavy atom. The van der Waals surface area contributed by atoms with Gasteiger partial charge in [0, 0.05) is 17.8 Å². The molecular weight excluding hydrogens is 184 g/mol. The van der Waals surface area contributed by atoms with Gasteiger partial charge in [0.2, 0.25) is 0 Å². The zero-order valence-electron chi connectivity index (χ0n) is 8.09. The summed E-state index contributed by atoms with van der Waals surface area (Å²) >= 11 is 0. The van der Waals surface area contributed by atoms with E-state index in [4.69, 9.17) is 0 Å². The van der Waals surface area contributed by atoms with Gasteiger partial charge >= 0.3 is 0 Å². The van der Waals surface area contributed by atoms with Crippen molar-refractivity contribution in [3.8, 4) is 5.69 Å². The number of rotatable bonds is 1. The van der Waals surface area contributed by atoms with Gasteiger partial charge in [-0.05, 0) is 17.5 Å². The monoisotopic (exact) mass is 193 g/mol. The van der Waals surface area contributed by atoms with Crippen molar-refractivity contribution in [2.45, 2.75) is 0 Å². The Kier molecular flexibility index (Phi) is 1.78. The lowest BCUT2D eigenvalue weighted by atomic mass is 10.1. The summed E-state index contributed by atoms with van der Waals surface area (Å²) in [5.74, 6) is 0. The van der Waals surface area contributed by atoms with Crippen LogP contribution in [0.25, 0.3) is 16.5 Å². The predicted octanol–water partition coefficient (Wildman–Crippen LogP) is 2.83. The second-order valence-electron chi connectivity index (χ2n) is 3.38. The van der Waals surface area contributed by atoms with Gasteiger partial charge in [0.15, 0.2) is 0 Å². The molecular formula is C13H9N2. The molecule has 3 rings (SSSR count). The highest BCUT2D eigenvalue weighted by Gasteiger charge is 2.00. The highest BCUT2D eigenvalue weighted by Crippen LogP contribution is 2.20. The van der Waals surface area contributed by atoms with E-state index in [1.54, 1.807) is 6.20 Å². The molecule has 2 heteroatoms.